The third kappa shape index (κ3) is 5.29. The highest BCUT2D eigenvalue weighted by Crippen LogP contribution is 2.27. The molecule has 0 bridgehead atoms. The first-order valence-electron chi connectivity index (χ1n) is 10.4. The fraction of sp³-hybridized carbons (Fsp3) is 0.667. The van der Waals surface area contributed by atoms with Crippen LogP contribution in [0.1, 0.15) is 50.2 Å². The van der Waals surface area contributed by atoms with Gasteiger partial charge in [0.2, 0.25) is 5.91 Å². The Hall–Kier alpha value is -1.99. The van der Waals surface area contributed by atoms with E-state index in [9.17, 15) is 14.9 Å². The number of likely N-dealkylation sites (tertiary alicyclic amines) is 1. The number of carbonyl (C=O) groups is 1. The number of nitro benzene ring substituents is 1. The lowest BCUT2D eigenvalue weighted by molar-refractivity contribution is -0.385. The lowest BCUT2D eigenvalue weighted by Crippen LogP contribution is -2.50. The molecule has 0 aliphatic carbocycles. The van der Waals surface area contributed by atoms with Gasteiger partial charge in [0.25, 0.3) is 5.69 Å². The molecule has 7 nitrogen and oxygen atoms in total. The van der Waals surface area contributed by atoms with Gasteiger partial charge in [-0.05, 0) is 30.7 Å². The molecular formula is C21H32N4O3. The minimum Gasteiger partial charge on any atom is -0.342 e. The van der Waals surface area contributed by atoms with E-state index in [1.165, 1.54) is 6.42 Å². The van der Waals surface area contributed by atoms with Crippen LogP contribution < -0.4 is 0 Å². The van der Waals surface area contributed by atoms with Gasteiger partial charge in [-0.15, -0.1) is 0 Å². The van der Waals surface area contributed by atoms with E-state index in [2.05, 4.69) is 9.80 Å². The quantitative estimate of drug-likeness (QED) is 0.554. The van der Waals surface area contributed by atoms with Crippen LogP contribution in [-0.4, -0.2) is 71.3 Å². The van der Waals surface area contributed by atoms with E-state index in [1.54, 1.807) is 6.07 Å². The van der Waals surface area contributed by atoms with Crippen LogP contribution in [0.3, 0.4) is 0 Å². The Morgan fingerprint density at radius 2 is 1.68 bits per heavy atom. The molecule has 0 aromatic heterocycles. The van der Waals surface area contributed by atoms with E-state index >= 15 is 0 Å². The second-order valence-electron chi connectivity index (χ2n) is 8.30. The van der Waals surface area contributed by atoms with E-state index < -0.39 is 0 Å². The summed E-state index contributed by atoms with van der Waals surface area (Å²) < 4.78 is 0. The van der Waals surface area contributed by atoms with E-state index in [1.807, 2.05) is 30.9 Å². The van der Waals surface area contributed by atoms with Crippen molar-refractivity contribution in [3.63, 3.8) is 0 Å². The van der Waals surface area contributed by atoms with Gasteiger partial charge in [-0.2, -0.15) is 0 Å². The maximum atomic E-state index is 12.4. The predicted octanol–water partition coefficient (Wildman–Crippen LogP) is 2.85. The molecule has 3 rings (SSSR count). The largest absolute Gasteiger partial charge is 0.342 e. The van der Waals surface area contributed by atoms with Crippen molar-refractivity contribution < 1.29 is 9.72 Å². The first kappa shape index (κ1) is 20.7. The zero-order chi connectivity index (χ0) is 20.1. The van der Waals surface area contributed by atoms with Gasteiger partial charge in [0.1, 0.15) is 0 Å². The summed E-state index contributed by atoms with van der Waals surface area (Å²) in [5, 5.41) is 11.4. The zero-order valence-electron chi connectivity index (χ0n) is 17.1. The van der Waals surface area contributed by atoms with Crippen molar-refractivity contribution in [1.29, 1.82) is 0 Å². The molecule has 2 heterocycles. The Balaban J connectivity index is 1.51. The minimum absolute atomic E-state index is 0.135. The SMILES string of the molecule is CC(C)c1ccc(CN2CCN(CC(=O)N3CCCCC3)CC2)cc1[N+](=O)[O-]. The second kappa shape index (κ2) is 9.47. The summed E-state index contributed by atoms with van der Waals surface area (Å²) in [6.45, 7) is 10.5. The van der Waals surface area contributed by atoms with Crippen molar-refractivity contribution in [3.8, 4) is 0 Å². The molecule has 0 atom stereocenters. The molecule has 0 radical (unpaired) electrons. The van der Waals surface area contributed by atoms with E-state index in [-0.39, 0.29) is 22.4 Å². The molecule has 0 unspecified atom stereocenters. The highest BCUT2D eigenvalue weighted by Gasteiger charge is 2.23. The maximum Gasteiger partial charge on any atom is 0.273 e. The molecule has 2 saturated heterocycles. The number of nitro groups is 1. The number of hydrogen-bond acceptors (Lipinski definition) is 5. The van der Waals surface area contributed by atoms with Crippen molar-refractivity contribution in [1.82, 2.24) is 14.7 Å². The van der Waals surface area contributed by atoms with Gasteiger partial charge >= 0.3 is 0 Å². The van der Waals surface area contributed by atoms with Crippen LogP contribution in [-0.2, 0) is 11.3 Å². The van der Waals surface area contributed by atoms with Crippen LogP contribution in [0.15, 0.2) is 18.2 Å². The van der Waals surface area contributed by atoms with Gasteiger partial charge in [-0.25, -0.2) is 0 Å². The fourth-order valence-corrected chi connectivity index (χ4v) is 4.13. The highest BCUT2D eigenvalue weighted by molar-refractivity contribution is 5.78. The molecule has 2 aliphatic heterocycles. The van der Waals surface area contributed by atoms with Gasteiger partial charge in [0.15, 0.2) is 0 Å². The van der Waals surface area contributed by atoms with Crippen molar-refractivity contribution in [2.24, 2.45) is 0 Å². The van der Waals surface area contributed by atoms with Crippen molar-refractivity contribution in [2.45, 2.75) is 45.6 Å². The normalized spacial score (nSPS) is 19.2. The van der Waals surface area contributed by atoms with Gasteiger partial charge in [0, 0.05) is 57.4 Å². The molecule has 154 valence electrons. The summed E-state index contributed by atoms with van der Waals surface area (Å²) in [5.41, 5.74) is 1.99. The summed E-state index contributed by atoms with van der Waals surface area (Å²) in [7, 11) is 0. The summed E-state index contributed by atoms with van der Waals surface area (Å²) in [4.78, 5) is 30.1. The number of benzene rings is 1. The molecule has 0 spiro atoms. The van der Waals surface area contributed by atoms with Crippen LogP contribution in [0, 0.1) is 10.1 Å². The number of piperidine rings is 1. The Labute approximate surface area is 167 Å². The average Bonchev–Trinajstić information content (AvgIpc) is 2.70. The molecular weight excluding hydrogens is 356 g/mol. The van der Waals surface area contributed by atoms with Crippen molar-refractivity contribution >= 4 is 11.6 Å². The van der Waals surface area contributed by atoms with E-state index in [0.717, 1.165) is 63.2 Å². The molecule has 2 aliphatic rings. The molecule has 28 heavy (non-hydrogen) atoms. The number of amides is 1. The standard InChI is InChI=1S/C21H32N4O3/c1-17(2)19-7-6-18(14-20(19)25(27)28)15-22-10-12-23(13-11-22)16-21(26)24-8-4-3-5-9-24/h6-7,14,17H,3-5,8-13,15-16H2,1-2H3. The van der Waals surface area contributed by atoms with Gasteiger partial charge in [-0.1, -0.05) is 26.0 Å². The molecule has 0 saturated carbocycles. The van der Waals surface area contributed by atoms with Crippen LogP contribution in [0.2, 0.25) is 0 Å². The predicted molar refractivity (Wildman–Crippen MR) is 109 cm³/mol. The topological polar surface area (TPSA) is 69.9 Å². The smallest absolute Gasteiger partial charge is 0.273 e. The summed E-state index contributed by atoms with van der Waals surface area (Å²) in [6, 6.07) is 5.63. The highest BCUT2D eigenvalue weighted by atomic mass is 16.6. The minimum atomic E-state index is -0.275. The number of rotatable bonds is 6. The van der Waals surface area contributed by atoms with Gasteiger partial charge in [0.05, 0.1) is 11.5 Å². The summed E-state index contributed by atoms with van der Waals surface area (Å²) in [6.07, 6.45) is 3.49. The second-order valence-corrected chi connectivity index (χ2v) is 8.30. The number of piperazine rings is 1. The lowest BCUT2D eigenvalue weighted by Gasteiger charge is -2.36. The summed E-state index contributed by atoms with van der Waals surface area (Å²) in [5.74, 6) is 0.392. The molecule has 1 aromatic rings. The van der Waals surface area contributed by atoms with Gasteiger partial charge < -0.3 is 4.90 Å². The van der Waals surface area contributed by atoms with Crippen molar-refractivity contribution in [3.05, 3.63) is 39.4 Å². The van der Waals surface area contributed by atoms with E-state index in [4.69, 9.17) is 0 Å². The zero-order valence-corrected chi connectivity index (χ0v) is 17.1. The number of hydrogen-bond donors (Lipinski definition) is 0. The lowest BCUT2D eigenvalue weighted by atomic mass is 9.99. The van der Waals surface area contributed by atoms with Crippen LogP contribution in [0.25, 0.3) is 0 Å². The monoisotopic (exact) mass is 388 g/mol. The summed E-state index contributed by atoms with van der Waals surface area (Å²) >= 11 is 0. The third-order valence-corrected chi connectivity index (χ3v) is 5.85. The first-order chi connectivity index (χ1) is 13.4. The molecule has 1 aromatic carbocycles. The number of nitrogens with zero attached hydrogens (tertiary/aromatic N) is 4. The Bertz CT molecular complexity index is 693. The van der Waals surface area contributed by atoms with Crippen LogP contribution in [0.4, 0.5) is 5.69 Å². The fourth-order valence-electron chi connectivity index (χ4n) is 4.13. The Kier molecular flexibility index (Phi) is 7.02. The first-order valence-corrected chi connectivity index (χ1v) is 10.4. The van der Waals surface area contributed by atoms with E-state index in [0.29, 0.717) is 13.1 Å². The Morgan fingerprint density at radius 1 is 1.04 bits per heavy atom. The van der Waals surface area contributed by atoms with Crippen molar-refractivity contribution in [2.75, 3.05) is 45.8 Å². The third-order valence-electron chi connectivity index (χ3n) is 5.85. The Morgan fingerprint density at radius 3 is 2.29 bits per heavy atom. The molecule has 2 fully saturated rings. The molecule has 1 amide bonds. The number of carbonyl (C=O) groups excluding carboxylic acids is 1. The molecule has 7 heteroatoms. The van der Waals surface area contributed by atoms with Gasteiger partial charge in [-0.3, -0.25) is 24.7 Å². The van der Waals surface area contributed by atoms with Crippen LogP contribution >= 0.6 is 0 Å². The van der Waals surface area contributed by atoms with Crippen LogP contribution in [0.5, 0.6) is 0 Å². The molecule has 0 N–H and O–H groups in total. The average molecular weight is 389 g/mol. The maximum absolute atomic E-state index is 12.4.